The Hall–Kier alpha value is -0.650. The van der Waals surface area contributed by atoms with Crippen LogP contribution in [0.2, 0.25) is 0 Å². The van der Waals surface area contributed by atoms with Crippen molar-refractivity contribution in [1.29, 1.82) is 0 Å². The van der Waals surface area contributed by atoms with Crippen molar-refractivity contribution in [3.63, 3.8) is 0 Å². The fraction of sp³-hybridized carbons (Fsp3) is 0.923. The minimum absolute atomic E-state index is 0.0551. The number of carbonyl (C=O) groups excluding carboxylic acids is 1. The van der Waals surface area contributed by atoms with Gasteiger partial charge in [0.1, 0.15) is 0 Å². The number of ether oxygens (including phenoxy) is 1. The van der Waals surface area contributed by atoms with Crippen LogP contribution in [0.5, 0.6) is 0 Å². The zero-order valence-corrected chi connectivity index (χ0v) is 11.7. The van der Waals surface area contributed by atoms with Crippen LogP contribution in [0.4, 0.5) is 0 Å². The number of rotatable bonds is 7. The van der Waals surface area contributed by atoms with E-state index in [0.29, 0.717) is 24.9 Å². The molecule has 3 N–H and O–H groups in total. The van der Waals surface area contributed by atoms with Crippen LogP contribution in [-0.4, -0.2) is 56.2 Å². The van der Waals surface area contributed by atoms with Crippen molar-refractivity contribution < 1.29 is 9.53 Å². The molecule has 1 aliphatic heterocycles. The molecule has 1 atom stereocenters. The number of amides is 1. The molecule has 1 aliphatic rings. The number of nitrogens with zero attached hydrogens (tertiary/aromatic N) is 1. The third kappa shape index (κ3) is 5.80. The Bertz CT molecular complexity index is 240. The Kier molecular flexibility index (Phi) is 7.23. The fourth-order valence-electron chi connectivity index (χ4n) is 2.30. The van der Waals surface area contributed by atoms with E-state index in [9.17, 15) is 4.79 Å². The molecule has 0 saturated carbocycles. The van der Waals surface area contributed by atoms with Gasteiger partial charge in [-0.1, -0.05) is 13.8 Å². The molecular weight excluding hydrogens is 230 g/mol. The quantitative estimate of drug-likeness (QED) is 0.683. The standard InChI is InChI=1S/C13H27N3O2/c1-11(2)9-12(10-15-13(17)3-4-14)16-5-7-18-8-6-16/h11-12H,3-10,14H2,1-2H3,(H,15,17). The molecule has 5 nitrogen and oxygen atoms in total. The second-order valence-corrected chi connectivity index (χ2v) is 5.27. The smallest absolute Gasteiger partial charge is 0.221 e. The summed E-state index contributed by atoms with van der Waals surface area (Å²) >= 11 is 0. The lowest BCUT2D eigenvalue weighted by atomic mass is 10.0. The minimum atomic E-state index is 0.0551. The first-order valence-corrected chi connectivity index (χ1v) is 6.92. The highest BCUT2D eigenvalue weighted by atomic mass is 16.5. The van der Waals surface area contributed by atoms with E-state index in [1.165, 1.54) is 0 Å². The summed E-state index contributed by atoms with van der Waals surface area (Å²) in [5.74, 6) is 0.684. The molecule has 0 aliphatic carbocycles. The van der Waals surface area contributed by atoms with Gasteiger partial charge in [-0.3, -0.25) is 9.69 Å². The van der Waals surface area contributed by atoms with Gasteiger partial charge in [0.05, 0.1) is 13.2 Å². The lowest BCUT2D eigenvalue weighted by Crippen LogP contribution is -2.49. The second kappa shape index (κ2) is 8.45. The summed E-state index contributed by atoms with van der Waals surface area (Å²) < 4.78 is 5.37. The average molecular weight is 257 g/mol. The van der Waals surface area contributed by atoms with Gasteiger partial charge in [0.15, 0.2) is 0 Å². The van der Waals surface area contributed by atoms with E-state index in [-0.39, 0.29) is 5.91 Å². The highest BCUT2D eigenvalue weighted by Crippen LogP contribution is 2.12. The molecule has 0 spiro atoms. The summed E-state index contributed by atoms with van der Waals surface area (Å²) in [4.78, 5) is 13.9. The molecule has 18 heavy (non-hydrogen) atoms. The Morgan fingerprint density at radius 3 is 2.61 bits per heavy atom. The van der Waals surface area contributed by atoms with Gasteiger partial charge in [-0.15, -0.1) is 0 Å². The first-order chi connectivity index (χ1) is 8.63. The van der Waals surface area contributed by atoms with Crippen LogP contribution in [0.3, 0.4) is 0 Å². The molecule has 106 valence electrons. The van der Waals surface area contributed by atoms with Crippen LogP contribution in [0.15, 0.2) is 0 Å². The molecule has 1 amide bonds. The molecule has 1 unspecified atom stereocenters. The largest absolute Gasteiger partial charge is 0.379 e. The van der Waals surface area contributed by atoms with Crippen molar-refractivity contribution in [1.82, 2.24) is 10.2 Å². The van der Waals surface area contributed by atoms with E-state index in [0.717, 1.165) is 39.3 Å². The van der Waals surface area contributed by atoms with Crippen molar-refractivity contribution in [2.45, 2.75) is 32.7 Å². The zero-order valence-electron chi connectivity index (χ0n) is 11.7. The van der Waals surface area contributed by atoms with Gasteiger partial charge < -0.3 is 15.8 Å². The monoisotopic (exact) mass is 257 g/mol. The van der Waals surface area contributed by atoms with Gasteiger partial charge in [0.25, 0.3) is 0 Å². The van der Waals surface area contributed by atoms with E-state index in [4.69, 9.17) is 10.5 Å². The highest BCUT2D eigenvalue weighted by Gasteiger charge is 2.22. The second-order valence-electron chi connectivity index (χ2n) is 5.27. The summed E-state index contributed by atoms with van der Waals surface area (Å²) in [6.07, 6.45) is 1.51. The summed E-state index contributed by atoms with van der Waals surface area (Å²) in [6, 6.07) is 0.413. The van der Waals surface area contributed by atoms with Gasteiger partial charge in [0.2, 0.25) is 5.91 Å². The molecule has 1 heterocycles. The van der Waals surface area contributed by atoms with Crippen molar-refractivity contribution in [3.05, 3.63) is 0 Å². The molecule has 0 aromatic carbocycles. The van der Waals surface area contributed by atoms with Crippen LogP contribution in [0, 0.1) is 5.92 Å². The number of hydrogen-bond donors (Lipinski definition) is 2. The maximum atomic E-state index is 11.5. The van der Waals surface area contributed by atoms with E-state index >= 15 is 0 Å². The molecule has 5 heteroatoms. The van der Waals surface area contributed by atoms with Gasteiger partial charge in [0, 0.05) is 38.6 Å². The summed E-state index contributed by atoms with van der Waals surface area (Å²) in [6.45, 7) is 9.09. The van der Waals surface area contributed by atoms with Crippen molar-refractivity contribution >= 4 is 5.91 Å². The maximum absolute atomic E-state index is 11.5. The molecule has 1 saturated heterocycles. The first kappa shape index (κ1) is 15.4. The van der Waals surface area contributed by atoms with Crippen molar-refractivity contribution in [3.8, 4) is 0 Å². The van der Waals surface area contributed by atoms with E-state index in [1.54, 1.807) is 0 Å². The number of morpholine rings is 1. The molecule has 1 fully saturated rings. The molecular formula is C13H27N3O2. The SMILES string of the molecule is CC(C)CC(CNC(=O)CCN)N1CCOCC1. The molecule has 0 aromatic heterocycles. The lowest BCUT2D eigenvalue weighted by molar-refractivity contribution is -0.121. The first-order valence-electron chi connectivity index (χ1n) is 6.92. The van der Waals surface area contributed by atoms with Gasteiger partial charge >= 0.3 is 0 Å². The Labute approximate surface area is 110 Å². The van der Waals surface area contributed by atoms with Crippen LogP contribution in [0.1, 0.15) is 26.7 Å². The van der Waals surface area contributed by atoms with Gasteiger partial charge in [-0.25, -0.2) is 0 Å². The van der Waals surface area contributed by atoms with E-state index in [2.05, 4.69) is 24.1 Å². The molecule has 0 radical (unpaired) electrons. The maximum Gasteiger partial charge on any atom is 0.221 e. The number of hydrogen-bond acceptors (Lipinski definition) is 4. The van der Waals surface area contributed by atoms with Crippen molar-refractivity contribution in [2.75, 3.05) is 39.4 Å². The van der Waals surface area contributed by atoms with Crippen LogP contribution >= 0.6 is 0 Å². The number of nitrogens with one attached hydrogen (secondary N) is 1. The Morgan fingerprint density at radius 1 is 1.39 bits per heavy atom. The van der Waals surface area contributed by atoms with Crippen LogP contribution in [0.25, 0.3) is 0 Å². The fourth-order valence-corrected chi connectivity index (χ4v) is 2.30. The van der Waals surface area contributed by atoms with Crippen molar-refractivity contribution in [2.24, 2.45) is 11.7 Å². The van der Waals surface area contributed by atoms with Gasteiger partial charge in [-0.05, 0) is 12.3 Å². The summed E-state index contributed by atoms with van der Waals surface area (Å²) in [7, 11) is 0. The topological polar surface area (TPSA) is 67.6 Å². The number of carbonyl (C=O) groups is 1. The average Bonchev–Trinajstić information content (AvgIpc) is 2.35. The molecule has 0 aromatic rings. The summed E-state index contributed by atoms with van der Waals surface area (Å²) in [5.41, 5.74) is 5.37. The summed E-state index contributed by atoms with van der Waals surface area (Å²) in [5, 5.41) is 2.98. The Morgan fingerprint density at radius 2 is 2.06 bits per heavy atom. The Balaban J connectivity index is 2.41. The third-order valence-corrected chi connectivity index (χ3v) is 3.21. The normalized spacial score (nSPS) is 18.9. The zero-order chi connectivity index (χ0) is 13.4. The number of nitrogens with two attached hydrogens (primary N) is 1. The van der Waals surface area contributed by atoms with E-state index in [1.807, 2.05) is 0 Å². The lowest BCUT2D eigenvalue weighted by Gasteiger charge is -2.35. The predicted octanol–water partition coefficient (Wildman–Crippen LogP) is 0.198. The molecule has 1 rings (SSSR count). The predicted molar refractivity (Wildman–Crippen MR) is 72.3 cm³/mol. The van der Waals surface area contributed by atoms with Crippen LogP contribution in [-0.2, 0) is 9.53 Å². The van der Waals surface area contributed by atoms with E-state index < -0.39 is 0 Å². The highest BCUT2D eigenvalue weighted by molar-refractivity contribution is 5.76. The molecule has 0 bridgehead atoms. The van der Waals surface area contributed by atoms with Gasteiger partial charge in [-0.2, -0.15) is 0 Å². The minimum Gasteiger partial charge on any atom is -0.379 e. The van der Waals surface area contributed by atoms with Crippen LogP contribution < -0.4 is 11.1 Å². The third-order valence-electron chi connectivity index (χ3n) is 3.21.